The minimum Gasteiger partial charge on any atom is -0.495 e. The van der Waals surface area contributed by atoms with Crippen LogP contribution in [0.4, 0.5) is 17.1 Å². The summed E-state index contributed by atoms with van der Waals surface area (Å²) in [5.74, 6) is 0.586. The van der Waals surface area contributed by atoms with Gasteiger partial charge in [0.25, 0.3) is 0 Å². The van der Waals surface area contributed by atoms with E-state index in [-0.39, 0.29) is 19.0 Å². The monoisotopic (exact) mass is 333 g/mol. The van der Waals surface area contributed by atoms with Gasteiger partial charge >= 0.3 is 0 Å². The van der Waals surface area contributed by atoms with Crippen LogP contribution in [0.5, 0.6) is 5.75 Å². The molecular weight excluding hydrogens is 310 g/mol. The number of nitrogens with one attached hydrogen (secondary N) is 1. The second kappa shape index (κ2) is 7.28. The number of nitrogens with two attached hydrogens (primary N) is 2. The molecule has 24 heavy (non-hydrogen) atoms. The third-order valence-corrected chi connectivity index (χ3v) is 3.39. The van der Waals surface area contributed by atoms with Crippen LogP contribution in [-0.4, -0.2) is 73.2 Å². The van der Waals surface area contributed by atoms with Crippen LogP contribution in [0.2, 0.25) is 0 Å². The summed E-state index contributed by atoms with van der Waals surface area (Å²) in [7, 11) is 5.32. The van der Waals surface area contributed by atoms with Crippen molar-refractivity contribution in [1.29, 1.82) is 5.41 Å². The summed E-state index contributed by atoms with van der Waals surface area (Å²) in [5, 5.41) is 23.2. The average molecular weight is 333 g/mol. The highest BCUT2D eigenvalue weighted by atomic mass is 16.5. The molecule has 130 valence electrons. The van der Waals surface area contributed by atoms with Gasteiger partial charge in [0.15, 0.2) is 5.84 Å². The third kappa shape index (κ3) is 3.63. The maximum Gasteiger partial charge on any atom is 0.169 e. The summed E-state index contributed by atoms with van der Waals surface area (Å²) in [4.78, 5) is 6.43. The van der Waals surface area contributed by atoms with Crippen molar-refractivity contribution >= 4 is 34.3 Å². The zero-order chi connectivity index (χ0) is 17.9. The topological polar surface area (TPSA) is 137 Å². The molecule has 0 radical (unpaired) electrons. The van der Waals surface area contributed by atoms with E-state index in [9.17, 15) is 0 Å². The standard InChI is InChI=1S/C15H23N7O2/c1-21(2)8-12-14(15(18)22(20-12)4-5-23)19-11-7-13(24-3)10(17)6-9(11)16/h6-7,18,23H,4-5,8,16-17H2,1-3H3. The lowest BCUT2D eigenvalue weighted by molar-refractivity contribution is 0.254. The van der Waals surface area contributed by atoms with Crippen molar-refractivity contribution in [3.05, 3.63) is 12.1 Å². The van der Waals surface area contributed by atoms with Gasteiger partial charge in [-0.05, 0) is 20.2 Å². The van der Waals surface area contributed by atoms with Gasteiger partial charge in [0.05, 0.1) is 37.3 Å². The Kier molecular flexibility index (Phi) is 5.37. The van der Waals surface area contributed by atoms with Gasteiger partial charge in [-0.3, -0.25) is 5.41 Å². The molecule has 1 heterocycles. The molecule has 0 spiro atoms. The maximum atomic E-state index is 9.12. The van der Waals surface area contributed by atoms with E-state index in [0.29, 0.717) is 40.8 Å². The third-order valence-electron chi connectivity index (χ3n) is 3.39. The number of amidine groups is 1. The fraction of sp³-hybridized carbons (Fsp3) is 0.400. The molecule has 0 saturated carbocycles. The Labute approximate surface area is 140 Å². The van der Waals surface area contributed by atoms with Crippen molar-refractivity contribution in [2.45, 2.75) is 0 Å². The minimum absolute atomic E-state index is 0.105. The Hall–Kier alpha value is -2.65. The summed E-state index contributed by atoms with van der Waals surface area (Å²) in [6.07, 6.45) is 0. The lowest BCUT2D eigenvalue weighted by Crippen LogP contribution is -2.32. The highest BCUT2D eigenvalue weighted by Crippen LogP contribution is 2.33. The van der Waals surface area contributed by atoms with Crippen LogP contribution < -0.4 is 16.2 Å². The van der Waals surface area contributed by atoms with Crippen molar-refractivity contribution in [1.82, 2.24) is 9.91 Å². The van der Waals surface area contributed by atoms with Crippen LogP contribution in [0.25, 0.3) is 0 Å². The molecule has 1 aromatic carbocycles. The number of benzene rings is 1. The first-order valence-electron chi connectivity index (χ1n) is 7.39. The lowest BCUT2D eigenvalue weighted by atomic mass is 10.2. The molecular formula is C15H23N7O2. The summed E-state index contributed by atoms with van der Waals surface area (Å²) in [5.41, 5.74) is 14.1. The Morgan fingerprint density at radius 1 is 1.33 bits per heavy atom. The number of aliphatic hydroxyl groups is 1. The van der Waals surface area contributed by atoms with E-state index in [1.807, 2.05) is 19.0 Å². The van der Waals surface area contributed by atoms with Crippen LogP contribution in [0.1, 0.15) is 0 Å². The number of aliphatic imine (C=N–C) groups is 1. The second-order valence-corrected chi connectivity index (χ2v) is 5.59. The van der Waals surface area contributed by atoms with E-state index in [4.69, 9.17) is 26.7 Å². The largest absolute Gasteiger partial charge is 0.495 e. The molecule has 1 aliphatic heterocycles. The van der Waals surface area contributed by atoms with Gasteiger partial charge in [-0.15, -0.1) is 0 Å². The highest BCUT2D eigenvalue weighted by molar-refractivity contribution is 6.70. The predicted molar refractivity (Wildman–Crippen MR) is 96.4 cm³/mol. The van der Waals surface area contributed by atoms with Crippen LogP contribution in [0.15, 0.2) is 22.2 Å². The fourth-order valence-electron chi connectivity index (χ4n) is 2.28. The van der Waals surface area contributed by atoms with Gasteiger partial charge in [-0.25, -0.2) is 10.0 Å². The van der Waals surface area contributed by atoms with E-state index in [1.165, 1.54) is 12.1 Å². The molecule has 0 unspecified atom stereocenters. The maximum absolute atomic E-state index is 9.12. The number of rotatable bonds is 6. The molecule has 1 aromatic rings. The molecule has 0 saturated heterocycles. The molecule has 9 nitrogen and oxygen atoms in total. The molecule has 0 bridgehead atoms. The number of anilines is 2. The highest BCUT2D eigenvalue weighted by Gasteiger charge is 2.28. The Bertz CT molecular complexity index is 697. The van der Waals surface area contributed by atoms with Gasteiger partial charge in [-0.2, -0.15) is 5.10 Å². The van der Waals surface area contributed by atoms with Crippen LogP contribution >= 0.6 is 0 Å². The zero-order valence-corrected chi connectivity index (χ0v) is 14.1. The van der Waals surface area contributed by atoms with Crippen molar-refractivity contribution in [3.63, 3.8) is 0 Å². The van der Waals surface area contributed by atoms with Crippen molar-refractivity contribution in [2.75, 3.05) is 52.4 Å². The molecule has 6 N–H and O–H groups in total. The lowest BCUT2D eigenvalue weighted by Gasteiger charge is -2.12. The van der Waals surface area contributed by atoms with Crippen LogP contribution in [0, 0.1) is 5.41 Å². The normalized spacial score (nSPS) is 16.2. The number of ether oxygens (including phenoxy) is 1. The number of hydrogen-bond donors (Lipinski definition) is 4. The first-order chi connectivity index (χ1) is 11.4. The number of aliphatic hydroxyl groups excluding tert-OH is 1. The number of nitrogens with zero attached hydrogens (tertiary/aromatic N) is 4. The van der Waals surface area contributed by atoms with E-state index < -0.39 is 0 Å². The number of β-amino-alcohol motifs (C(OH)–C–C–N with tert-alkyl or cyclic N) is 1. The molecule has 0 fully saturated rings. The van der Waals surface area contributed by atoms with Crippen molar-refractivity contribution < 1.29 is 9.84 Å². The minimum atomic E-state index is -0.105. The molecule has 2 rings (SSSR count). The van der Waals surface area contributed by atoms with Gasteiger partial charge in [0.1, 0.15) is 17.2 Å². The van der Waals surface area contributed by atoms with Gasteiger partial charge in [-0.1, -0.05) is 0 Å². The van der Waals surface area contributed by atoms with Gasteiger partial charge in [0.2, 0.25) is 0 Å². The first kappa shape index (κ1) is 17.7. The Morgan fingerprint density at radius 2 is 2.04 bits per heavy atom. The van der Waals surface area contributed by atoms with E-state index in [1.54, 1.807) is 12.1 Å². The molecule has 0 amide bonds. The van der Waals surface area contributed by atoms with Crippen LogP contribution in [-0.2, 0) is 0 Å². The van der Waals surface area contributed by atoms with E-state index in [0.717, 1.165) is 0 Å². The predicted octanol–water partition coefficient (Wildman–Crippen LogP) is 0.135. The summed E-state index contributed by atoms with van der Waals surface area (Å²) >= 11 is 0. The number of hydrazone groups is 1. The van der Waals surface area contributed by atoms with E-state index >= 15 is 0 Å². The fourth-order valence-corrected chi connectivity index (χ4v) is 2.28. The smallest absolute Gasteiger partial charge is 0.169 e. The Balaban J connectivity index is 2.46. The van der Waals surface area contributed by atoms with Crippen molar-refractivity contribution in [2.24, 2.45) is 10.1 Å². The molecule has 9 heteroatoms. The quantitative estimate of drug-likeness (QED) is 0.546. The summed E-state index contributed by atoms with van der Waals surface area (Å²) < 4.78 is 5.20. The summed E-state index contributed by atoms with van der Waals surface area (Å²) in [6.45, 7) is 0.636. The number of nitrogen functional groups attached to an aromatic ring is 2. The molecule has 0 aliphatic carbocycles. The molecule has 1 aliphatic rings. The zero-order valence-electron chi connectivity index (χ0n) is 14.1. The molecule has 0 aromatic heterocycles. The molecule has 0 atom stereocenters. The Morgan fingerprint density at radius 3 is 2.62 bits per heavy atom. The van der Waals surface area contributed by atoms with Gasteiger partial charge in [0, 0.05) is 12.6 Å². The first-order valence-corrected chi connectivity index (χ1v) is 7.39. The summed E-state index contributed by atoms with van der Waals surface area (Å²) in [6, 6.07) is 3.21. The van der Waals surface area contributed by atoms with Gasteiger partial charge < -0.3 is 26.2 Å². The second-order valence-electron chi connectivity index (χ2n) is 5.59. The number of methoxy groups -OCH3 is 1. The number of hydrogen-bond acceptors (Lipinski definition) is 8. The van der Waals surface area contributed by atoms with E-state index in [2.05, 4.69) is 10.1 Å². The van der Waals surface area contributed by atoms with Crippen LogP contribution in [0.3, 0.4) is 0 Å². The average Bonchev–Trinajstić information content (AvgIpc) is 2.78. The SMILES string of the molecule is COc1cc(N=C2C(=N)N(CCO)N=C2CN(C)C)c(N)cc1N. The van der Waals surface area contributed by atoms with Crippen molar-refractivity contribution in [3.8, 4) is 5.75 Å².